The Hall–Kier alpha value is -1.63. The summed E-state index contributed by atoms with van der Waals surface area (Å²) in [6, 6.07) is 0. The quantitative estimate of drug-likeness (QED) is 0.915. The average molecular weight is 309 g/mol. The van der Waals surface area contributed by atoms with Crippen LogP contribution < -0.4 is 0 Å². The van der Waals surface area contributed by atoms with Gasteiger partial charge in [0.05, 0.1) is 12.4 Å². The highest BCUT2D eigenvalue weighted by Crippen LogP contribution is 2.22. The summed E-state index contributed by atoms with van der Waals surface area (Å²) in [4.78, 5) is 32.7. The average Bonchev–Trinajstić information content (AvgIpc) is 2.72. The van der Waals surface area contributed by atoms with E-state index >= 15 is 0 Å². The highest BCUT2D eigenvalue weighted by atomic mass is 32.2. The molecule has 1 fully saturated rings. The maximum atomic E-state index is 12.5. The first-order chi connectivity index (χ1) is 10.1. The summed E-state index contributed by atoms with van der Waals surface area (Å²) in [5, 5.41) is 9.26. The Morgan fingerprint density at radius 2 is 2.05 bits per heavy atom. The Kier molecular flexibility index (Phi) is 5.55. The minimum absolute atomic E-state index is 0.151. The number of hydrogen-bond acceptors (Lipinski definition) is 5. The van der Waals surface area contributed by atoms with Gasteiger partial charge in [-0.25, -0.2) is 14.8 Å². The normalized spacial score (nSPS) is 19.1. The number of carbonyl (C=O) groups excluding carboxylic acids is 1. The zero-order valence-corrected chi connectivity index (χ0v) is 12.8. The second kappa shape index (κ2) is 7.40. The van der Waals surface area contributed by atoms with Crippen molar-refractivity contribution < 1.29 is 14.7 Å². The monoisotopic (exact) mass is 309 g/mol. The number of thioether (sulfide) groups is 1. The molecule has 1 aromatic rings. The zero-order chi connectivity index (χ0) is 15.2. The summed E-state index contributed by atoms with van der Waals surface area (Å²) in [5.74, 6) is -0.265. The zero-order valence-electron chi connectivity index (χ0n) is 12.0. The summed E-state index contributed by atoms with van der Waals surface area (Å²) < 4.78 is 0. The molecule has 1 aromatic heterocycles. The molecule has 21 heavy (non-hydrogen) atoms. The predicted molar refractivity (Wildman–Crippen MR) is 80.7 cm³/mol. The van der Waals surface area contributed by atoms with E-state index in [-0.39, 0.29) is 17.3 Å². The first-order valence-corrected chi connectivity index (χ1v) is 8.13. The smallest absolute Gasteiger partial charge is 0.356 e. The molecule has 114 valence electrons. The topological polar surface area (TPSA) is 83.4 Å². The number of likely N-dealkylation sites (tertiary alicyclic amines) is 1. The van der Waals surface area contributed by atoms with Crippen LogP contribution in [0, 0.1) is 0 Å². The first kappa shape index (κ1) is 15.8. The molecule has 1 saturated heterocycles. The second-order valence-corrected chi connectivity index (χ2v) is 6.49. The van der Waals surface area contributed by atoms with E-state index < -0.39 is 5.97 Å². The van der Waals surface area contributed by atoms with Gasteiger partial charge in [0.25, 0.3) is 5.91 Å². The van der Waals surface area contributed by atoms with E-state index in [1.807, 2.05) is 16.7 Å². The van der Waals surface area contributed by atoms with Crippen LogP contribution in [0.5, 0.6) is 0 Å². The number of carboxylic acid groups (broad SMARTS) is 1. The van der Waals surface area contributed by atoms with Gasteiger partial charge in [-0.15, -0.1) is 0 Å². The number of carbonyl (C=O) groups is 2. The Morgan fingerprint density at radius 3 is 2.67 bits per heavy atom. The number of amides is 1. The number of aromatic carboxylic acids is 1. The van der Waals surface area contributed by atoms with Gasteiger partial charge >= 0.3 is 5.97 Å². The van der Waals surface area contributed by atoms with Crippen LogP contribution in [0.25, 0.3) is 0 Å². The van der Waals surface area contributed by atoms with Gasteiger partial charge in [-0.05, 0) is 18.6 Å². The van der Waals surface area contributed by atoms with Crippen LogP contribution >= 0.6 is 11.8 Å². The van der Waals surface area contributed by atoms with Crippen molar-refractivity contribution in [2.75, 3.05) is 18.8 Å². The van der Waals surface area contributed by atoms with Gasteiger partial charge in [-0.2, -0.15) is 11.8 Å². The van der Waals surface area contributed by atoms with Crippen molar-refractivity contribution in [2.24, 2.45) is 0 Å². The lowest BCUT2D eigenvalue weighted by Crippen LogP contribution is -2.36. The van der Waals surface area contributed by atoms with Crippen LogP contribution in [-0.4, -0.2) is 55.9 Å². The fourth-order valence-electron chi connectivity index (χ4n) is 2.37. The van der Waals surface area contributed by atoms with Gasteiger partial charge in [0.15, 0.2) is 5.69 Å². The molecule has 1 amide bonds. The highest BCUT2D eigenvalue weighted by molar-refractivity contribution is 7.99. The maximum absolute atomic E-state index is 12.5. The molecule has 2 rings (SSSR count). The van der Waals surface area contributed by atoms with Gasteiger partial charge in [0.1, 0.15) is 5.69 Å². The highest BCUT2D eigenvalue weighted by Gasteiger charge is 2.24. The van der Waals surface area contributed by atoms with Crippen molar-refractivity contribution in [1.82, 2.24) is 14.9 Å². The standard InChI is InChI=1S/C14H19N3O3S/c1-2-21-10-5-3-4-6-17(9-10)13(18)11-7-16-12(8-15-11)14(19)20/h7-8,10H,2-6,9H2,1H3,(H,19,20). The number of rotatable bonds is 4. The molecule has 0 radical (unpaired) electrons. The summed E-state index contributed by atoms with van der Waals surface area (Å²) in [6.07, 6.45) is 5.63. The molecule has 1 N–H and O–H groups in total. The summed E-state index contributed by atoms with van der Waals surface area (Å²) in [5.41, 5.74) is 0.0592. The van der Waals surface area contributed by atoms with Gasteiger partial charge in [0.2, 0.25) is 0 Å². The Bertz CT molecular complexity index is 507. The van der Waals surface area contributed by atoms with Crippen LogP contribution in [-0.2, 0) is 0 Å². The Morgan fingerprint density at radius 1 is 1.33 bits per heavy atom. The maximum Gasteiger partial charge on any atom is 0.356 e. The Labute approximate surface area is 128 Å². The molecule has 1 atom stereocenters. The summed E-state index contributed by atoms with van der Waals surface area (Å²) >= 11 is 1.88. The van der Waals surface area contributed by atoms with E-state index in [2.05, 4.69) is 16.9 Å². The molecule has 2 heterocycles. The minimum atomic E-state index is -1.14. The van der Waals surface area contributed by atoms with E-state index in [1.54, 1.807) is 0 Å². The van der Waals surface area contributed by atoms with Crippen LogP contribution in [0.1, 0.15) is 47.2 Å². The van der Waals surface area contributed by atoms with Crippen molar-refractivity contribution in [3.63, 3.8) is 0 Å². The third-order valence-electron chi connectivity index (χ3n) is 3.41. The number of hydrogen-bond donors (Lipinski definition) is 1. The third kappa shape index (κ3) is 4.17. The largest absolute Gasteiger partial charge is 0.476 e. The van der Waals surface area contributed by atoms with Crippen molar-refractivity contribution in [3.8, 4) is 0 Å². The van der Waals surface area contributed by atoms with Crippen LogP contribution in [0.15, 0.2) is 12.4 Å². The third-order valence-corrected chi connectivity index (χ3v) is 4.60. The Balaban J connectivity index is 2.08. The van der Waals surface area contributed by atoms with Gasteiger partial charge in [-0.1, -0.05) is 13.3 Å². The number of carboxylic acids is 1. The van der Waals surface area contributed by atoms with Gasteiger partial charge in [-0.3, -0.25) is 4.79 Å². The molecule has 1 aliphatic rings. The number of nitrogens with zero attached hydrogens (tertiary/aromatic N) is 3. The van der Waals surface area contributed by atoms with Crippen molar-refractivity contribution in [3.05, 3.63) is 23.8 Å². The molecule has 0 aliphatic carbocycles. The van der Waals surface area contributed by atoms with E-state index in [4.69, 9.17) is 5.11 Å². The lowest BCUT2D eigenvalue weighted by atomic mass is 10.2. The summed E-state index contributed by atoms with van der Waals surface area (Å²) in [6.45, 7) is 3.57. The fraction of sp³-hybridized carbons (Fsp3) is 0.571. The van der Waals surface area contributed by atoms with Gasteiger partial charge < -0.3 is 10.0 Å². The van der Waals surface area contributed by atoms with Crippen molar-refractivity contribution >= 4 is 23.6 Å². The van der Waals surface area contributed by atoms with Crippen molar-refractivity contribution in [1.29, 1.82) is 0 Å². The SMILES string of the molecule is CCSC1CCCCN(C(=O)c2cnc(C(=O)O)cn2)C1. The molecule has 0 aromatic carbocycles. The van der Waals surface area contributed by atoms with E-state index in [0.29, 0.717) is 5.25 Å². The predicted octanol–water partition coefficient (Wildman–Crippen LogP) is 1.92. The molecular formula is C14H19N3O3S. The fourth-order valence-corrected chi connectivity index (χ4v) is 3.46. The molecule has 0 bridgehead atoms. The van der Waals surface area contributed by atoms with Crippen LogP contribution in [0.4, 0.5) is 0 Å². The second-order valence-electron chi connectivity index (χ2n) is 4.92. The molecule has 0 saturated carbocycles. The minimum Gasteiger partial charge on any atom is -0.476 e. The molecule has 6 nitrogen and oxygen atoms in total. The van der Waals surface area contributed by atoms with Crippen molar-refractivity contribution in [2.45, 2.75) is 31.4 Å². The molecular weight excluding hydrogens is 290 g/mol. The lowest BCUT2D eigenvalue weighted by Gasteiger charge is -2.23. The first-order valence-electron chi connectivity index (χ1n) is 7.08. The van der Waals surface area contributed by atoms with E-state index in [9.17, 15) is 9.59 Å². The molecule has 0 spiro atoms. The lowest BCUT2D eigenvalue weighted by molar-refractivity contribution is 0.0686. The van der Waals surface area contributed by atoms with Crippen LogP contribution in [0.3, 0.4) is 0 Å². The van der Waals surface area contributed by atoms with E-state index in [1.165, 1.54) is 6.20 Å². The molecule has 1 unspecified atom stereocenters. The summed E-state index contributed by atoms with van der Waals surface area (Å²) in [7, 11) is 0. The number of aromatic nitrogens is 2. The molecule has 7 heteroatoms. The van der Waals surface area contributed by atoms with E-state index in [0.717, 1.165) is 44.3 Å². The molecule has 1 aliphatic heterocycles. The van der Waals surface area contributed by atoms with Gasteiger partial charge in [0, 0.05) is 18.3 Å². The van der Waals surface area contributed by atoms with Crippen LogP contribution in [0.2, 0.25) is 0 Å².